The van der Waals surface area contributed by atoms with E-state index >= 15 is 0 Å². The molecule has 2 amide bonds. The van der Waals surface area contributed by atoms with Gasteiger partial charge in [0.1, 0.15) is 11.6 Å². The number of carbonyl (C=O) groups excluding carboxylic acids is 2. The Balaban J connectivity index is 1.92. The lowest BCUT2D eigenvalue weighted by Crippen LogP contribution is -2.53. The lowest BCUT2D eigenvalue weighted by Gasteiger charge is -2.39. The van der Waals surface area contributed by atoms with Gasteiger partial charge in [-0.25, -0.2) is 4.79 Å². The second kappa shape index (κ2) is 6.51. The molecule has 3 rings (SSSR count). The SMILES string of the molecule is CC(C)(C)OC(=O)N[C@H]1C[C@@]2(c3ccccc3)CC[C@H](C(C)(C)O)N2C1=O. The van der Waals surface area contributed by atoms with Crippen molar-refractivity contribution in [3.63, 3.8) is 0 Å². The molecule has 148 valence electrons. The number of fused-ring (bicyclic) bond motifs is 1. The molecule has 0 unspecified atom stereocenters. The Kier molecular flexibility index (Phi) is 4.75. The number of aliphatic hydroxyl groups is 1. The average Bonchev–Trinajstić information content (AvgIpc) is 3.04. The number of rotatable bonds is 3. The van der Waals surface area contributed by atoms with Crippen LogP contribution in [0.5, 0.6) is 0 Å². The molecule has 1 aromatic carbocycles. The van der Waals surface area contributed by atoms with Gasteiger partial charge in [-0.05, 0) is 53.0 Å². The molecule has 2 fully saturated rings. The molecule has 27 heavy (non-hydrogen) atoms. The van der Waals surface area contributed by atoms with E-state index in [1.807, 2.05) is 35.2 Å². The molecule has 0 saturated carbocycles. The van der Waals surface area contributed by atoms with E-state index in [2.05, 4.69) is 5.32 Å². The van der Waals surface area contributed by atoms with E-state index in [4.69, 9.17) is 4.74 Å². The van der Waals surface area contributed by atoms with Gasteiger partial charge in [0, 0.05) is 6.42 Å². The highest BCUT2D eigenvalue weighted by atomic mass is 16.6. The molecule has 2 saturated heterocycles. The van der Waals surface area contributed by atoms with Crippen LogP contribution >= 0.6 is 0 Å². The second-order valence-corrected chi connectivity index (χ2v) is 9.22. The van der Waals surface area contributed by atoms with Crippen molar-refractivity contribution in [2.24, 2.45) is 0 Å². The predicted molar refractivity (Wildman–Crippen MR) is 102 cm³/mol. The maximum atomic E-state index is 13.3. The zero-order valence-electron chi connectivity index (χ0n) is 16.8. The predicted octanol–water partition coefficient (Wildman–Crippen LogP) is 2.94. The first-order chi connectivity index (χ1) is 12.4. The fraction of sp³-hybridized carbons (Fsp3) is 0.619. The van der Waals surface area contributed by atoms with Gasteiger partial charge in [-0.2, -0.15) is 0 Å². The molecule has 0 spiro atoms. The maximum absolute atomic E-state index is 13.3. The van der Waals surface area contributed by atoms with Crippen LogP contribution in [-0.2, 0) is 15.1 Å². The number of hydrogen-bond acceptors (Lipinski definition) is 4. The monoisotopic (exact) mass is 374 g/mol. The van der Waals surface area contributed by atoms with Crippen LogP contribution in [0, 0.1) is 0 Å². The number of hydrogen-bond donors (Lipinski definition) is 2. The lowest BCUT2D eigenvalue weighted by molar-refractivity contribution is -0.138. The fourth-order valence-corrected chi connectivity index (χ4v) is 4.46. The molecule has 0 bridgehead atoms. The van der Waals surface area contributed by atoms with Crippen molar-refractivity contribution in [1.82, 2.24) is 10.2 Å². The van der Waals surface area contributed by atoms with Gasteiger partial charge in [0.25, 0.3) is 0 Å². The molecule has 3 atom stereocenters. The number of nitrogens with one attached hydrogen (secondary N) is 1. The highest BCUT2D eigenvalue weighted by Gasteiger charge is 2.60. The Morgan fingerprint density at radius 1 is 1.22 bits per heavy atom. The summed E-state index contributed by atoms with van der Waals surface area (Å²) in [7, 11) is 0. The van der Waals surface area contributed by atoms with E-state index in [1.54, 1.807) is 34.6 Å². The van der Waals surface area contributed by atoms with Crippen LogP contribution in [0.25, 0.3) is 0 Å². The van der Waals surface area contributed by atoms with Gasteiger partial charge >= 0.3 is 6.09 Å². The van der Waals surface area contributed by atoms with E-state index in [1.165, 1.54) is 0 Å². The van der Waals surface area contributed by atoms with Crippen molar-refractivity contribution in [2.75, 3.05) is 0 Å². The number of nitrogens with zero attached hydrogens (tertiary/aromatic N) is 1. The van der Waals surface area contributed by atoms with Crippen molar-refractivity contribution in [3.8, 4) is 0 Å². The number of carbonyl (C=O) groups is 2. The summed E-state index contributed by atoms with van der Waals surface area (Å²) < 4.78 is 5.33. The third-order valence-electron chi connectivity index (χ3n) is 5.50. The van der Waals surface area contributed by atoms with Crippen LogP contribution in [0.1, 0.15) is 59.4 Å². The molecule has 2 heterocycles. The van der Waals surface area contributed by atoms with Gasteiger partial charge in [0.15, 0.2) is 0 Å². The van der Waals surface area contributed by atoms with E-state index in [9.17, 15) is 14.7 Å². The van der Waals surface area contributed by atoms with Gasteiger partial charge in [-0.3, -0.25) is 4.79 Å². The first-order valence-corrected chi connectivity index (χ1v) is 9.55. The molecular weight excluding hydrogens is 344 g/mol. The number of amides is 2. The van der Waals surface area contributed by atoms with Crippen LogP contribution in [0.3, 0.4) is 0 Å². The van der Waals surface area contributed by atoms with Gasteiger partial charge in [-0.1, -0.05) is 30.3 Å². The van der Waals surface area contributed by atoms with Crippen molar-refractivity contribution in [2.45, 2.75) is 82.7 Å². The molecule has 6 heteroatoms. The molecule has 0 radical (unpaired) electrons. The summed E-state index contributed by atoms with van der Waals surface area (Å²) in [4.78, 5) is 27.3. The Bertz CT molecular complexity index is 720. The summed E-state index contributed by atoms with van der Waals surface area (Å²) in [6, 6.07) is 8.93. The standard InChI is InChI=1S/C21H30N2O4/c1-19(2,3)27-18(25)22-15-13-21(14-9-7-6-8-10-14)12-11-16(20(4,5)26)23(21)17(15)24/h6-10,15-16,26H,11-13H2,1-5H3,(H,22,25)/t15-,16+,21+/m0/s1. The third-order valence-corrected chi connectivity index (χ3v) is 5.50. The third kappa shape index (κ3) is 3.68. The minimum Gasteiger partial charge on any atom is -0.444 e. The molecule has 6 nitrogen and oxygen atoms in total. The first-order valence-electron chi connectivity index (χ1n) is 9.55. The minimum atomic E-state index is -1.02. The van der Waals surface area contributed by atoms with Crippen molar-refractivity contribution in [1.29, 1.82) is 0 Å². The van der Waals surface area contributed by atoms with E-state index < -0.39 is 28.9 Å². The fourth-order valence-electron chi connectivity index (χ4n) is 4.46. The van der Waals surface area contributed by atoms with Crippen LogP contribution in [0.2, 0.25) is 0 Å². The smallest absolute Gasteiger partial charge is 0.408 e. The zero-order chi connectivity index (χ0) is 20.0. The van der Waals surface area contributed by atoms with Crippen molar-refractivity contribution >= 4 is 12.0 Å². The molecule has 0 aromatic heterocycles. The van der Waals surface area contributed by atoms with Crippen LogP contribution in [-0.4, -0.2) is 45.3 Å². The summed E-state index contributed by atoms with van der Waals surface area (Å²) in [5, 5.41) is 13.4. The Hall–Kier alpha value is -2.08. The quantitative estimate of drug-likeness (QED) is 0.853. The van der Waals surface area contributed by atoms with Crippen LogP contribution in [0.15, 0.2) is 30.3 Å². The summed E-state index contributed by atoms with van der Waals surface area (Å²) in [6.45, 7) is 8.84. The molecule has 1 aromatic rings. The summed E-state index contributed by atoms with van der Waals surface area (Å²) in [5.74, 6) is -0.158. The Morgan fingerprint density at radius 3 is 2.41 bits per heavy atom. The highest BCUT2D eigenvalue weighted by Crippen LogP contribution is 2.52. The molecule has 2 N–H and O–H groups in total. The second-order valence-electron chi connectivity index (χ2n) is 9.22. The average molecular weight is 374 g/mol. The highest BCUT2D eigenvalue weighted by molar-refractivity contribution is 5.89. The van der Waals surface area contributed by atoms with Gasteiger partial charge < -0.3 is 20.1 Å². The van der Waals surface area contributed by atoms with Gasteiger partial charge in [-0.15, -0.1) is 0 Å². The van der Waals surface area contributed by atoms with E-state index in [-0.39, 0.29) is 11.9 Å². The van der Waals surface area contributed by atoms with Crippen molar-refractivity contribution in [3.05, 3.63) is 35.9 Å². The summed E-state index contributed by atoms with van der Waals surface area (Å²) in [6.07, 6.45) is 1.36. The molecule has 0 aliphatic carbocycles. The molecular formula is C21H30N2O4. The summed E-state index contributed by atoms with van der Waals surface area (Å²) >= 11 is 0. The Labute approximate surface area is 160 Å². The molecule has 2 aliphatic heterocycles. The molecule has 2 aliphatic rings. The van der Waals surface area contributed by atoms with Gasteiger partial charge in [0.2, 0.25) is 5.91 Å². The number of benzene rings is 1. The Morgan fingerprint density at radius 2 is 1.85 bits per heavy atom. The van der Waals surface area contributed by atoms with E-state index in [0.717, 1.165) is 18.4 Å². The number of ether oxygens (including phenoxy) is 1. The normalized spacial score (nSPS) is 28.2. The first kappa shape index (κ1) is 19.7. The van der Waals surface area contributed by atoms with Crippen LogP contribution in [0.4, 0.5) is 4.79 Å². The van der Waals surface area contributed by atoms with Crippen molar-refractivity contribution < 1.29 is 19.4 Å². The minimum absolute atomic E-state index is 0.158. The van der Waals surface area contributed by atoms with Gasteiger partial charge in [0.05, 0.1) is 17.2 Å². The maximum Gasteiger partial charge on any atom is 0.408 e. The number of alkyl carbamates (subject to hydrolysis) is 1. The zero-order valence-corrected chi connectivity index (χ0v) is 16.8. The lowest BCUT2D eigenvalue weighted by atomic mass is 9.85. The topological polar surface area (TPSA) is 78.9 Å². The van der Waals surface area contributed by atoms with E-state index in [0.29, 0.717) is 6.42 Å². The largest absolute Gasteiger partial charge is 0.444 e. The summed E-state index contributed by atoms with van der Waals surface area (Å²) in [5.41, 5.74) is -1.12. The van der Waals surface area contributed by atoms with Crippen LogP contribution < -0.4 is 5.32 Å².